The Bertz CT molecular complexity index is 567. The average molecular weight is 257 g/mol. The molecule has 4 heteroatoms. The van der Waals surface area contributed by atoms with Gasteiger partial charge in [0.25, 0.3) is 5.91 Å². The van der Waals surface area contributed by atoms with Crippen molar-refractivity contribution in [3.8, 4) is 17.2 Å². The summed E-state index contributed by atoms with van der Waals surface area (Å²) in [6.45, 7) is 0. The number of hydrogen-bond donors (Lipinski definition) is 1. The Labute approximate surface area is 112 Å². The lowest BCUT2D eigenvalue weighted by Crippen LogP contribution is -2.18. The zero-order chi connectivity index (χ0) is 13.7. The van der Waals surface area contributed by atoms with Crippen LogP contribution in [0.2, 0.25) is 0 Å². The zero-order valence-corrected chi connectivity index (χ0v) is 10.8. The Balaban J connectivity index is 2.44. The summed E-state index contributed by atoms with van der Waals surface area (Å²) in [5.74, 6) is 1.36. The van der Waals surface area contributed by atoms with Crippen LogP contribution in [0, 0.1) is 0 Å². The van der Waals surface area contributed by atoms with Crippen molar-refractivity contribution in [2.75, 3.05) is 14.2 Å². The topological polar surface area (TPSA) is 47.6 Å². The highest BCUT2D eigenvalue weighted by atomic mass is 16.5. The van der Waals surface area contributed by atoms with E-state index in [1.165, 1.54) is 0 Å². The largest absolute Gasteiger partial charge is 0.493 e. The van der Waals surface area contributed by atoms with Crippen molar-refractivity contribution in [3.63, 3.8) is 0 Å². The molecule has 98 valence electrons. The number of methoxy groups -OCH3 is 1. The molecule has 0 saturated carbocycles. The minimum atomic E-state index is -0.218. The van der Waals surface area contributed by atoms with Crippen molar-refractivity contribution < 1.29 is 14.3 Å². The number of amides is 1. The molecule has 0 unspecified atom stereocenters. The van der Waals surface area contributed by atoms with Gasteiger partial charge < -0.3 is 14.8 Å². The molecule has 1 amide bonds. The Hall–Kier alpha value is -2.49. The lowest BCUT2D eigenvalue weighted by Gasteiger charge is -2.13. The third kappa shape index (κ3) is 2.85. The third-order valence-electron chi connectivity index (χ3n) is 2.63. The van der Waals surface area contributed by atoms with Crippen LogP contribution in [0.1, 0.15) is 10.4 Å². The Kier molecular flexibility index (Phi) is 4.03. The number of nitrogens with one attached hydrogen (secondary N) is 1. The molecule has 0 fully saturated rings. The minimum absolute atomic E-state index is 0.218. The van der Waals surface area contributed by atoms with Gasteiger partial charge in [-0.25, -0.2) is 0 Å². The fraction of sp³-hybridized carbons (Fsp3) is 0.133. The van der Waals surface area contributed by atoms with Gasteiger partial charge in [0.05, 0.1) is 12.7 Å². The molecule has 0 spiro atoms. The summed E-state index contributed by atoms with van der Waals surface area (Å²) in [6, 6.07) is 14.5. The maximum Gasteiger partial charge on any atom is 0.254 e. The predicted molar refractivity (Wildman–Crippen MR) is 72.9 cm³/mol. The zero-order valence-electron chi connectivity index (χ0n) is 10.8. The smallest absolute Gasteiger partial charge is 0.254 e. The van der Waals surface area contributed by atoms with E-state index in [0.717, 1.165) is 0 Å². The molecular formula is C15H15NO3. The number of para-hydroxylation sites is 2. The van der Waals surface area contributed by atoms with Crippen LogP contribution in [-0.2, 0) is 0 Å². The normalized spacial score (nSPS) is 9.79. The standard InChI is InChI=1S/C15H15NO3/c1-16-15(17)12-9-6-10-13(18-2)14(12)19-11-7-4-3-5-8-11/h3-10H,1-2H3,(H,16,17). The number of rotatable bonds is 4. The van der Waals surface area contributed by atoms with Gasteiger partial charge in [-0.3, -0.25) is 4.79 Å². The Morgan fingerprint density at radius 1 is 1.05 bits per heavy atom. The van der Waals surface area contributed by atoms with Crippen LogP contribution >= 0.6 is 0 Å². The molecule has 0 atom stereocenters. The summed E-state index contributed by atoms with van der Waals surface area (Å²) in [5, 5.41) is 2.58. The SMILES string of the molecule is CNC(=O)c1cccc(OC)c1Oc1ccccc1. The third-order valence-corrected chi connectivity index (χ3v) is 2.63. The number of ether oxygens (including phenoxy) is 2. The van der Waals surface area contributed by atoms with Crippen molar-refractivity contribution in [2.24, 2.45) is 0 Å². The molecule has 0 heterocycles. The first-order chi connectivity index (χ1) is 9.26. The summed E-state index contributed by atoms with van der Waals surface area (Å²) in [4.78, 5) is 11.8. The van der Waals surface area contributed by atoms with Crippen LogP contribution in [0.4, 0.5) is 0 Å². The average Bonchev–Trinajstić information content (AvgIpc) is 2.47. The summed E-state index contributed by atoms with van der Waals surface area (Å²) >= 11 is 0. The summed E-state index contributed by atoms with van der Waals surface area (Å²) in [5.41, 5.74) is 0.436. The second-order valence-electron chi connectivity index (χ2n) is 3.83. The maximum absolute atomic E-state index is 11.8. The molecule has 0 saturated heterocycles. The van der Waals surface area contributed by atoms with Gasteiger partial charge in [-0.15, -0.1) is 0 Å². The van der Waals surface area contributed by atoms with E-state index >= 15 is 0 Å². The Morgan fingerprint density at radius 3 is 2.42 bits per heavy atom. The highest BCUT2D eigenvalue weighted by Gasteiger charge is 2.16. The van der Waals surface area contributed by atoms with Crippen molar-refractivity contribution >= 4 is 5.91 Å². The molecule has 0 aromatic heterocycles. The molecule has 0 radical (unpaired) electrons. The van der Waals surface area contributed by atoms with E-state index in [-0.39, 0.29) is 5.91 Å². The van der Waals surface area contributed by atoms with Gasteiger partial charge in [-0.2, -0.15) is 0 Å². The highest BCUT2D eigenvalue weighted by molar-refractivity contribution is 5.97. The first-order valence-corrected chi connectivity index (χ1v) is 5.88. The van der Waals surface area contributed by atoms with Crippen molar-refractivity contribution in [2.45, 2.75) is 0 Å². The fourth-order valence-electron chi connectivity index (χ4n) is 1.70. The molecule has 0 aliphatic carbocycles. The molecule has 2 aromatic carbocycles. The summed E-state index contributed by atoms with van der Waals surface area (Å²) in [6.07, 6.45) is 0. The van der Waals surface area contributed by atoms with Crippen molar-refractivity contribution in [1.29, 1.82) is 0 Å². The van der Waals surface area contributed by atoms with Gasteiger partial charge in [0.15, 0.2) is 11.5 Å². The lowest BCUT2D eigenvalue weighted by atomic mass is 10.1. The lowest BCUT2D eigenvalue weighted by molar-refractivity contribution is 0.0960. The molecule has 0 aliphatic heterocycles. The van der Waals surface area contributed by atoms with Gasteiger partial charge in [-0.05, 0) is 24.3 Å². The minimum Gasteiger partial charge on any atom is -0.493 e. The van der Waals surface area contributed by atoms with E-state index in [0.29, 0.717) is 22.8 Å². The first-order valence-electron chi connectivity index (χ1n) is 5.88. The molecule has 19 heavy (non-hydrogen) atoms. The number of carbonyl (C=O) groups is 1. The summed E-state index contributed by atoms with van der Waals surface area (Å²) in [7, 11) is 3.12. The molecular weight excluding hydrogens is 242 g/mol. The fourth-order valence-corrected chi connectivity index (χ4v) is 1.70. The van der Waals surface area contributed by atoms with Crippen LogP contribution in [0.3, 0.4) is 0 Å². The van der Waals surface area contributed by atoms with Crippen molar-refractivity contribution in [1.82, 2.24) is 5.32 Å². The first kappa shape index (κ1) is 13.0. The van der Waals surface area contributed by atoms with Crippen LogP contribution in [0.5, 0.6) is 17.2 Å². The molecule has 2 rings (SSSR count). The van der Waals surface area contributed by atoms with Crippen LogP contribution < -0.4 is 14.8 Å². The van der Waals surface area contributed by atoms with E-state index in [1.54, 1.807) is 32.4 Å². The highest BCUT2D eigenvalue weighted by Crippen LogP contribution is 2.34. The molecule has 0 bridgehead atoms. The quantitative estimate of drug-likeness (QED) is 0.916. The number of carbonyl (C=O) groups excluding carboxylic acids is 1. The molecule has 2 aromatic rings. The maximum atomic E-state index is 11.8. The number of hydrogen-bond acceptors (Lipinski definition) is 3. The van der Waals surface area contributed by atoms with E-state index in [9.17, 15) is 4.79 Å². The van der Waals surface area contributed by atoms with E-state index < -0.39 is 0 Å². The van der Waals surface area contributed by atoms with Gasteiger partial charge in [0.2, 0.25) is 0 Å². The van der Waals surface area contributed by atoms with Crippen LogP contribution in [0.25, 0.3) is 0 Å². The summed E-state index contributed by atoms with van der Waals surface area (Å²) < 4.78 is 11.0. The van der Waals surface area contributed by atoms with Gasteiger partial charge in [-0.1, -0.05) is 24.3 Å². The Morgan fingerprint density at radius 2 is 1.79 bits per heavy atom. The van der Waals surface area contributed by atoms with Gasteiger partial charge >= 0.3 is 0 Å². The monoisotopic (exact) mass is 257 g/mol. The number of benzene rings is 2. The molecule has 0 aliphatic rings. The second-order valence-corrected chi connectivity index (χ2v) is 3.83. The van der Waals surface area contributed by atoms with E-state index in [2.05, 4.69) is 5.32 Å². The van der Waals surface area contributed by atoms with Crippen LogP contribution in [0.15, 0.2) is 48.5 Å². The van der Waals surface area contributed by atoms with Gasteiger partial charge in [0, 0.05) is 7.05 Å². The second kappa shape index (κ2) is 5.91. The predicted octanol–water partition coefficient (Wildman–Crippen LogP) is 2.85. The van der Waals surface area contributed by atoms with E-state index in [1.807, 2.05) is 30.3 Å². The van der Waals surface area contributed by atoms with Crippen LogP contribution in [-0.4, -0.2) is 20.1 Å². The van der Waals surface area contributed by atoms with Crippen molar-refractivity contribution in [3.05, 3.63) is 54.1 Å². The van der Waals surface area contributed by atoms with Gasteiger partial charge in [0.1, 0.15) is 5.75 Å². The molecule has 4 nitrogen and oxygen atoms in total. The molecule has 1 N–H and O–H groups in total. The van der Waals surface area contributed by atoms with E-state index in [4.69, 9.17) is 9.47 Å².